The fourth-order valence-corrected chi connectivity index (χ4v) is 1.89. The summed E-state index contributed by atoms with van der Waals surface area (Å²) in [6.45, 7) is 1.03. The first-order valence-corrected chi connectivity index (χ1v) is 6.62. The van der Waals surface area contributed by atoms with Crippen LogP contribution in [0.2, 0.25) is 0 Å². The average Bonchev–Trinajstić information content (AvgIpc) is 3.06. The molecule has 0 aliphatic carbocycles. The van der Waals surface area contributed by atoms with Crippen LogP contribution in [0, 0.1) is 6.92 Å². The fraction of sp³-hybridized carbons (Fsp3) is 0.214. The number of rotatable bonds is 4. The molecule has 0 saturated carbocycles. The molecular weight excluding hydrogens is 330 g/mol. The van der Waals surface area contributed by atoms with Crippen LogP contribution in [0.1, 0.15) is 16.2 Å². The van der Waals surface area contributed by atoms with Crippen molar-refractivity contribution in [3.63, 3.8) is 0 Å². The van der Waals surface area contributed by atoms with Gasteiger partial charge in [-0.15, -0.1) is 8.78 Å². The first kappa shape index (κ1) is 15.7. The van der Waals surface area contributed by atoms with Gasteiger partial charge in [0, 0.05) is 17.8 Å². The Kier molecular flexibility index (Phi) is 3.80. The summed E-state index contributed by atoms with van der Waals surface area (Å²) in [5, 5.41) is 5.88. The van der Waals surface area contributed by atoms with Gasteiger partial charge in [0.1, 0.15) is 0 Å². The summed E-state index contributed by atoms with van der Waals surface area (Å²) in [6, 6.07) is 5.08. The van der Waals surface area contributed by atoms with Crippen LogP contribution in [0.3, 0.4) is 0 Å². The Labute approximate surface area is 133 Å². The number of hydrogen-bond donors (Lipinski definition) is 1. The van der Waals surface area contributed by atoms with Crippen molar-refractivity contribution in [1.82, 2.24) is 5.16 Å². The van der Waals surface area contributed by atoms with Crippen LogP contribution in [0.15, 0.2) is 28.8 Å². The van der Waals surface area contributed by atoms with Gasteiger partial charge < -0.3 is 24.1 Å². The zero-order valence-corrected chi connectivity index (χ0v) is 12.2. The van der Waals surface area contributed by atoms with E-state index in [4.69, 9.17) is 4.74 Å². The van der Waals surface area contributed by atoms with Gasteiger partial charge in [-0.05, 0) is 19.1 Å². The second-order valence-electron chi connectivity index (χ2n) is 4.79. The van der Waals surface area contributed by atoms with Gasteiger partial charge in [-0.3, -0.25) is 4.79 Å². The molecule has 8 nitrogen and oxygen atoms in total. The summed E-state index contributed by atoms with van der Waals surface area (Å²) < 4.78 is 43.7. The maximum Gasteiger partial charge on any atom is 0.586 e. The third-order valence-corrected chi connectivity index (χ3v) is 2.85. The number of aryl methyl sites for hydroxylation is 1. The topological polar surface area (TPSA) is 99.9 Å². The maximum atomic E-state index is 12.9. The Morgan fingerprint density at radius 3 is 2.71 bits per heavy atom. The zero-order chi connectivity index (χ0) is 17.3. The lowest BCUT2D eigenvalue weighted by Crippen LogP contribution is -2.25. The number of fused-ring (bicyclic) bond motifs is 1. The van der Waals surface area contributed by atoms with Gasteiger partial charge in [-0.25, -0.2) is 4.79 Å². The van der Waals surface area contributed by atoms with Crippen molar-refractivity contribution in [3.05, 3.63) is 35.7 Å². The van der Waals surface area contributed by atoms with Gasteiger partial charge in [0.2, 0.25) is 5.76 Å². The molecule has 0 unspecified atom stereocenters. The molecule has 126 valence electrons. The second kappa shape index (κ2) is 5.80. The van der Waals surface area contributed by atoms with E-state index in [1.807, 2.05) is 0 Å². The molecule has 10 heteroatoms. The molecule has 0 atom stereocenters. The number of esters is 1. The SMILES string of the molecule is Cc1cc(C(=O)OCC(=O)Nc2ccc3c(c2)OC(F)(F)O3)on1. The highest BCUT2D eigenvalue weighted by Gasteiger charge is 2.43. The molecule has 24 heavy (non-hydrogen) atoms. The number of aromatic nitrogens is 1. The fourth-order valence-electron chi connectivity index (χ4n) is 1.89. The minimum absolute atomic E-state index is 0.134. The van der Waals surface area contributed by atoms with Crippen molar-refractivity contribution >= 4 is 17.6 Å². The molecule has 0 bridgehead atoms. The molecule has 1 N–H and O–H groups in total. The predicted molar refractivity (Wildman–Crippen MR) is 72.8 cm³/mol. The quantitative estimate of drug-likeness (QED) is 0.851. The van der Waals surface area contributed by atoms with Gasteiger partial charge in [0.15, 0.2) is 18.1 Å². The van der Waals surface area contributed by atoms with Gasteiger partial charge in [-0.2, -0.15) is 0 Å². The summed E-state index contributed by atoms with van der Waals surface area (Å²) in [5.41, 5.74) is 0.662. The molecule has 0 spiro atoms. The van der Waals surface area contributed by atoms with E-state index in [1.54, 1.807) is 6.92 Å². The van der Waals surface area contributed by atoms with Crippen LogP contribution in [-0.2, 0) is 9.53 Å². The number of alkyl halides is 2. The average molecular weight is 340 g/mol. The minimum Gasteiger partial charge on any atom is -0.450 e. The summed E-state index contributed by atoms with van der Waals surface area (Å²) in [7, 11) is 0. The first-order chi connectivity index (χ1) is 11.3. The molecule has 0 radical (unpaired) electrons. The highest BCUT2D eigenvalue weighted by molar-refractivity contribution is 5.94. The number of ether oxygens (including phenoxy) is 3. The number of hydrogen-bond acceptors (Lipinski definition) is 7. The molecule has 1 aromatic heterocycles. The van der Waals surface area contributed by atoms with Crippen molar-refractivity contribution < 1.29 is 37.1 Å². The zero-order valence-electron chi connectivity index (χ0n) is 12.2. The molecule has 0 fully saturated rings. The van der Waals surface area contributed by atoms with Crippen LogP contribution >= 0.6 is 0 Å². The third-order valence-electron chi connectivity index (χ3n) is 2.85. The van der Waals surface area contributed by atoms with E-state index in [0.717, 1.165) is 6.07 Å². The lowest BCUT2D eigenvalue weighted by molar-refractivity contribution is -0.286. The Bertz CT molecular complexity index is 804. The number of carbonyl (C=O) groups is 2. The molecule has 1 amide bonds. The molecule has 0 saturated heterocycles. The monoisotopic (exact) mass is 340 g/mol. The molecule has 2 aromatic rings. The Morgan fingerprint density at radius 2 is 2.00 bits per heavy atom. The van der Waals surface area contributed by atoms with Crippen LogP contribution < -0.4 is 14.8 Å². The van der Waals surface area contributed by atoms with E-state index in [1.165, 1.54) is 18.2 Å². The van der Waals surface area contributed by atoms with Crippen molar-refractivity contribution in [1.29, 1.82) is 0 Å². The summed E-state index contributed by atoms with van der Waals surface area (Å²) >= 11 is 0. The molecular formula is C14H10F2N2O6. The molecule has 1 aromatic carbocycles. The summed E-state index contributed by atoms with van der Waals surface area (Å²) in [4.78, 5) is 23.3. The molecule has 1 aliphatic rings. The smallest absolute Gasteiger partial charge is 0.450 e. The van der Waals surface area contributed by atoms with Gasteiger partial charge in [-0.1, -0.05) is 5.16 Å². The van der Waals surface area contributed by atoms with Crippen LogP contribution in [0.25, 0.3) is 0 Å². The minimum atomic E-state index is -3.74. The highest BCUT2D eigenvalue weighted by Crippen LogP contribution is 2.42. The molecule has 1 aliphatic heterocycles. The van der Waals surface area contributed by atoms with Crippen LogP contribution in [-0.4, -0.2) is 29.9 Å². The normalized spacial score (nSPS) is 14.3. The van der Waals surface area contributed by atoms with Crippen molar-refractivity contribution in [3.8, 4) is 11.5 Å². The largest absolute Gasteiger partial charge is 0.586 e. The van der Waals surface area contributed by atoms with Crippen LogP contribution in [0.4, 0.5) is 14.5 Å². The summed E-state index contributed by atoms with van der Waals surface area (Å²) in [6.07, 6.45) is -3.74. The van der Waals surface area contributed by atoms with Crippen LogP contribution in [0.5, 0.6) is 11.5 Å². The van der Waals surface area contributed by atoms with E-state index < -0.39 is 24.8 Å². The lowest BCUT2D eigenvalue weighted by atomic mass is 10.3. The highest BCUT2D eigenvalue weighted by atomic mass is 19.3. The summed E-state index contributed by atoms with van der Waals surface area (Å²) in [5.74, 6) is -2.02. The van der Waals surface area contributed by atoms with Crippen molar-refractivity contribution in [2.45, 2.75) is 13.2 Å². The lowest BCUT2D eigenvalue weighted by Gasteiger charge is -2.06. The second-order valence-corrected chi connectivity index (χ2v) is 4.79. The van der Waals surface area contributed by atoms with E-state index in [-0.39, 0.29) is 22.9 Å². The number of nitrogens with one attached hydrogen (secondary N) is 1. The van der Waals surface area contributed by atoms with Crippen molar-refractivity contribution in [2.75, 3.05) is 11.9 Å². The number of halogens is 2. The van der Waals surface area contributed by atoms with Gasteiger partial charge in [0.05, 0.1) is 5.69 Å². The number of carbonyl (C=O) groups excluding carboxylic acids is 2. The van der Waals surface area contributed by atoms with E-state index in [0.29, 0.717) is 5.69 Å². The van der Waals surface area contributed by atoms with E-state index in [2.05, 4.69) is 24.5 Å². The third kappa shape index (κ3) is 3.42. The Balaban J connectivity index is 1.55. The molecule has 3 rings (SSSR count). The number of anilines is 1. The number of benzene rings is 1. The maximum absolute atomic E-state index is 12.9. The Hall–Kier alpha value is -3.17. The van der Waals surface area contributed by atoms with Gasteiger partial charge >= 0.3 is 12.3 Å². The predicted octanol–water partition coefficient (Wildman–Crippen LogP) is 2.10. The standard InChI is InChI=1S/C14H10F2N2O6/c1-7-4-11(24-18-7)13(20)21-6-12(19)17-8-2-3-9-10(5-8)23-14(15,16)22-9/h2-5H,6H2,1H3,(H,17,19). The first-order valence-electron chi connectivity index (χ1n) is 6.62. The van der Waals surface area contributed by atoms with Crippen molar-refractivity contribution in [2.24, 2.45) is 0 Å². The Morgan fingerprint density at radius 1 is 1.25 bits per heavy atom. The van der Waals surface area contributed by atoms with Gasteiger partial charge in [0.25, 0.3) is 5.91 Å². The van der Waals surface area contributed by atoms with E-state index in [9.17, 15) is 18.4 Å². The van der Waals surface area contributed by atoms with E-state index >= 15 is 0 Å². The molecule has 2 heterocycles. The number of amides is 1. The number of nitrogens with zero attached hydrogens (tertiary/aromatic N) is 1.